The number of anilines is 2. The minimum Gasteiger partial charge on any atom is -0.368 e. The smallest absolute Gasteiger partial charge is 0.168 e. The van der Waals surface area contributed by atoms with E-state index in [4.69, 9.17) is 0 Å². The Balaban J connectivity index is 2.14. The van der Waals surface area contributed by atoms with Gasteiger partial charge in [-0.2, -0.15) is 0 Å². The van der Waals surface area contributed by atoms with Gasteiger partial charge < -0.3 is 10.6 Å². The third kappa shape index (κ3) is 4.14. The van der Waals surface area contributed by atoms with Gasteiger partial charge in [-0.1, -0.05) is 41.1 Å². The van der Waals surface area contributed by atoms with Crippen LogP contribution >= 0.6 is 15.9 Å². The summed E-state index contributed by atoms with van der Waals surface area (Å²) < 4.78 is 28.3. The van der Waals surface area contributed by atoms with E-state index in [1.54, 1.807) is 0 Å². The van der Waals surface area contributed by atoms with Gasteiger partial charge in [-0.05, 0) is 18.1 Å². The van der Waals surface area contributed by atoms with Crippen LogP contribution in [-0.2, 0) is 6.54 Å². The Morgan fingerprint density at radius 1 is 1.10 bits per heavy atom. The fourth-order valence-electron chi connectivity index (χ4n) is 1.78. The first-order chi connectivity index (χ1) is 10.1. The number of hydrogen-bond acceptors (Lipinski definition) is 3. The molecule has 0 radical (unpaired) electrons. The van der Waals surface area contributed by atoms with Gasteiger partial charge >= 0.3 is 0 Å². The van der Waals surface area contributed by atoms with E-state index in [0.29, 0.717) is 13.1 Å². The van der Waals surface area contributed by atoms with Crippen LogP contribution in [0, 0.1) is 11.6 Å². The summed E-state index contributed by atoms with van der Waals surface area (Å²) >= 11 is 3.42. The van der Waals surface area contributed by atoms with Crippen LogP contribution in [0.5, 0.6) is 0 Å². The summed E-state index contributed by atoms with van der Waals surface area (Å²) in [6.45, 7) is 2.93. The molecule has 6 heteroatoms. The molecule has 0 atom stereocenters. The molecule has 0 saturated heterocycles. The van der Waals surface area contributed by atoms with Crippen molar-refractivity contribution in [3.63, 3.8) is 0 Å². The summed E-state index contributed by atoms with van der Waals surface area (Å²) in [6, 6.07) is 8.45. The number of pyridine rings is 1. The van der Waals surface area contributed by atoms with Gasteiger partial charge in [-0.3, -0.25) is 0 Å². The van der Waals surface area contributed by atoms with Crippen LogP contribution in [0.3, 0.4) is 0 Å². The first-order valence-electron chi connectivity index (χ1n) is 6.69. The fraction of sp³-hybridized carbons (Fsp3) is 0.267. The maximum absolute atomic E-state index is 13.8. The summed E-state index contributed by atoms with van der Waals surface area (Å²) in [6.07, 6.45) is 0.832. The molecule has 0 bridgehead atoms. The molecule has 21 heavy (non-hydrogen) atoms. The van der Waals surface area contributed by atoms with Crippen molar-refractivity contribution < 1.29 is 8.78 Å². The van der Waals surface area contributed by atoms with Crippen molar-refractivity contribution in [2.24, 2.45) is 0 Å². The zero-order chi connectivity index (χ0) is 15.2. The molecule has 0 amide bonds. The van der Waals surface area contributed by atoms with Gasteiger partial charge in [-0.25, -0.2) is 13.8 Å². The average Bonchev–Trinajstić information content (AvgIpc) is 2.47. The van der Waals surface area contributed by atoms with Crippen molar-refractivity contribution in [3.05, 3.63) is 52.0 Å². The monoisotopic (exact) mass is 355 g/mol. The zero-order valence-electron chi connectivity index (χ0n) is 11.6. The normalized spacial score (nSPS) is 10.5. The third-order valence-corrected chi connectivity index (χ3v) is 3.65. The lowest BCUT2D eigenvalue weighted by atomic mass is 10.2. The summed E-state index contributed by atoms with van der Waals surface area (Å²) in [4.78, 5) is 3.97. The van der Waals surface area contributed by atoms with Crippen LogP contribution in [0.25, 0.3) is 0 Å². The number of benzene rings is 1. The van der Waals surface area contributed by atoms with Crippen LogP contribution in [0.1, 0.15) is 18.9 Å². The SMILES string of the molecule is CCCNc1nc(NCc2ccccc2Br)c(F)cc1F. The van der Waals surface area contributed by atoms with E-state index >= 15 is 0 Å². The number of aromatic nitrogens is 1. The first-order valence-corrected chi connectivity index (χ1v) is 7.48. The van der Waals surface area contributed by atoms with E-state index in [-0.39, 0.29) is 11.6 Å². The van der Waals surface area contributed by atoms with Crippen molar-refractivity contribution in [1.29, 1.82) is 0 Å². The Bertz CT molecular complexity index is 620. The van der Waals surface area contributed by atoms with E-state index in [1.165, 1.54) is 0 Å². The summed E-state index contributed by atoms with van der Waals surface area (Å²) in [5.74, 6) is -1.30. The molecule has 0 unspecified atom stereocenters. The number of rotatable bonds is 6. The van der Waals surface area contributed by atoms with Gasteiger partial charge in [0.05, 0.1) is 0 Å². The van der Waals surface area contributed by atoms with Crippen LogP contribution in [0.4, 0.5) is 20.4 Å². The Morgan fingerprint density at radius 2 is 1.76 bits per heavy atom. The molecule has 1 aromatic heterocycles. The second-order valence-corrected chi connectivity index (χ2v) is 5.38. The predicted molar refractivity (Wildman–Crippen MR) is 84.4 cm³/mol. The van der Waals surface area contributed by atoms with Crippen LogP contribution < -0.4 is 10.6 Å². The van der Waals surface area contributed by atoms with Crippen molar-refractivity contribution >= 4 is 27.6 Å². The summed E-state index contributed by atoms with van der Waals surface area (Å²) in [5.41, 5.74) is 0.964. The number of hydrogen-bond donors (Lipinski definition) is 2. The molecule has 0 aliphatic heterocycles. The molecule has 0 aliphatic carbocycles. The molecule has 1 aromatic carbocycles. The standard InChI is InChI=1S/C15H16BrF2N3/c1-2-7-19-14-12(17)8-13(18)15(21-14)20-9-10-5-3-4-6-11(10)16/h3-6,8H,2,7,9H2,1H3,(H2,19,20,21). The second-order valence-electron chi connectivity index (χ2n) is 4.52. The quantitative estimate of drug-likeness (QED) is 0.797. The molecule has 0 saturated carbocycles. The molecule has 0 fully saturated rings. The lowest BCUT2D eigenvalue weighted by molar-refractivity contribution is 0.577. The van der Waals surface area contributed by atoms with E-state index in [1.807, 2.05) is 31.2 Å². The number of nitrogens with one attached hydrogen (secondary N) is 2. The summed E-state index contributed by atoms with van der Waals surface area (Å²) in [5, 5.41) is 5.73. The third-order valence-electron chi connectivity index (χ3n) is 2.88. The number of halogens is 3. The highest BCUT2D eigenvalue weighted by Gasteiger charge is 2.11. The van der Waals surface area contributed by atoms with Crippen molar-refractivity contribution in [2.45, 2.75) is 19.9 Å². The molecular weight excluding hydrogens is 340 g/mol. The Kier molecular flexibility index (Phi) is 5.50. The van der Waals surface area contributed by atoms with E-state index < -0.39 is 11.6 Å². The summed E-state index contributed by atoms with van der Waals surface area (Å²) in [7, 11) is 0. The molecule has 2 aromatic rings. The molecule has 1 heterocycles. The predicted octanol–water partition coefficient (Wildman–Crippen LogP) is 4.56. The molecular formula is C15H16BrF2N3. The van der Waals surface area contributed by atoms with Gasteiger partial charge in [-0.15, -0.1) is 0 Å². The topological polar surface area (TPSA) is 37.0 Å². The van der Waals surface area contributed by atoms with Gasteiger partial charge in [0.25, 0.3) is 0 Å². The fourth-order valence-corrected chi connectivity index (χ4v) is 2.20. The van der Waals surface area contributed by atoms with Crippen LogP contribution in [0.2, 0.25) is 0 Å². The Hall–Kier alpha value is -1.69. The van der Waals surface area contributed by atoms with Gasteiger partial charge in [0, 0.05) is 23.6 Å². The zero-order valence-corrected chi connectivity index (χ0v) is 13.2. The molecule has 3 nitrogen and oxygen atoms in total. The van der Waals surface area contributed by atoms with Crippen molar-refractivity contribution in [1.82, 2.24) is 4.98 Å². The van der Waals surface area contributed by atoms with E-state index in [9.17, 15) is 8.78 Å². The van der Waals surface area contributed by atoms with E-state index in [0.717, 1.165) is 22.5 Å². The van der Waals surface area contributed by atoms with Gasteiger partial charge in [0.1, 0.15) is 0 Å². The molecule has 2 rings (SSSR count). The first kappa shape index (κ1) is 15.7. The van der Waals surface area contributed by atoms with Gasteiger partial charge in [0.15, 0.2) is 23.3 Å². The lowest BCUT2D eigenvalue weighted by Gasteiger charge is -2.11. The average molecular weight is 356 g/mol. The molecule has 112 valence electrons. The minimum absolute atomic E-state index is 0.0331. The van der Waals surface area contributed by atoms with E-state index in [2.05, 4.69) is 31.5 Å². The van der Waals surface area contributed by atoms with Crippen molar-refractivity contribution in [2.75, 3.05) is 17.2 Å². The molecule has 2 N–H and O–H groups in total. The van der Waals surface area contributed by atoms with Crippen molar-refractivity contribution in [3.8, 4) is 0 Å². The van der Waals surface area contributed by atoms with Crippen LogP contribution in [0.15, 0.2) is 34.8 Å². The highest BCUT2D eigenvalue weighted by molar-refractivity contribution is 9.10. The second kappa shape index (κ2) is 7.36. The Labute approximate surface area is 130 Å². The van der Waals surface area contributed by atoms with Gasteiger partial charge in [0.2, 0.25) is 0 Å². The van der Waals surface area contributed by atoms with Crippen LogP contribution in [-0.4, -0.2) is 11.5 Å². The maximum atomic E-state index is 13.8. The largest absolute Gasteiger partial charge is 0.368 e. The lowest BCUT2D eigenvalue weighted by Crippen LogP contribution is -2.09. The number of nitrogens with zero attached hydrogens (tertiary/aromatic N) is 1. The minimum atomic E-state index is -0.707. The highest BCUT2D eigenvalue weighted by Crippen LogP contribution is 2.21. The highest BCUT2D eigenvalue weighted by atomic mass is 79.9. The maximum Gasteiger partial charge on any atom is 0.168 e. The molecule has 0 aliphatic rings. The Morgan fingerprint density at radius 3 is 2.43 bits per heavy atom. The molecule has 0 spiro atoms.